The van der Waals surface area contributed by atoms with Crippen LogP contribution in [0.1, 0.15) is 129 Å². The van der Waals surface area contributed by atoms with E-state index in [2.05, 4.69) is 19.2 Å². The number of carbonyl (C=O) groups excluding carboxylic acids is 2. The van der Waals surface area contributed by atoms with Gasteiger partial charge in [0.1, 0.15) is 18.2 Å². The Hall–Kier alpha value is -1.10. The predicted molar refractivity (Wildman–Crippen MR) is 129 cm³/mol. The molecule has 0 spiro atoms. The van der Waals surface area contributed by atoms with Crippen LogP contribution in [0.3, 0.4) is 0 Å². The van der Waals surface area contributed by atoms with Gasteiger partial charge in [-0.15, -0.1) is 0 Å². The van der Waals surface area contributed by atoms with Crippen molar-refractivity contribution in [2.45, 2.75) is 148 Å². The molecule has 5 heteroatoms. The number of hydrogen-bond donors (Lipinski definition) is 1. The Morgan fingerprint density at radius 1 is 0.969 bits per heavy atom. The molecule has 0 unspecified atom stereocenters. The molecule has 4 atom stereocenters. The lowest BCUT2D eigenvalue weighted by atomic mass is 9.86. The maximum absolute atomic E-state index is 12.6. The van der Waals surface area contributed by atoms with E-state index in [0.29, 0.717) is 6.42 Å². The maximum Gasteiger partial charge on any atom is 0.323 e. The lowest BCUT2D eigenvalue weighted by molar-refractivity contribution is -0.190. The Kier molecular flexibility index (Phi) is 14.0. The van der Waals surface area contributed by atoms with Gasteiger partial charge in [-0.25, -0.2) is 0 Å². The molecule has 2 aliphatic heterocycles. The molecule has 0 amide bonds. The summed E-state index contributed by atoms with van der Waals surface area (Å²) in [5.74, 6) is -0.175. The van der Waals surface area contributed by atoms with Gasteiger partial charge in [-0.2, -0.15) is 0 Å². The molecular formula is C27H49NO4. The molecule has 0 bridgehead atoms. The number of ether oxygens (including phenoxy) is 2. The number of esters is 2. The minimum Gasteiger partial charge on any atom is -0.461 e. The first-order valence-corrected chi connectivity index (χ1v) is 13.8. The third kappa shape index (κ3) is 10.2. The fraction of sp³-hybridized carbons (Fsp3) is 0.926. The van der Waals surface area contributed by atoms with E-state index in [-0.39, 0.29) is 36.1 Å². The highest BCUT2D eigenvalue weighted by Crippen LogP contribution is 2.32. The zero-order valence-electron chi connectivity index (χ0n) is 20.9. The molecule has 2 heterocycles. The van der Waals surface area contributed by atoms with E-state index in [1.165, 1.54) is 70.6 Å². The summed E-state index contributed by atoms with van der Waals surface area (Å²) in [6.07, 6.45) is 20.4. The van der Waals surface area contributed by atoms with E-state index >= 15 is 0 Å². The number of cyclic esters (lactones) is 1. The largest absolute Gasteiger partial charge is 0.461 e. The van der Waals surface area contributed by atoms with Gasteiger partial charge in [0.25, 0.3) is 0 Å². The van der Waals surface area contributed by atoms with Crippen LogP contribution >= 0.6 is 0 Å². The van der Waals surface area contributed by atoms with Crippen LogP contribution in [0.5, 0.6) is 0 Å². The summed E-state index contributed by atoms with van der Waals surface area (Å²) in [7, 11) is 0. The van der Waals surface area contributed by atoms with Crippen molar-refractivity contribution in [3.05, 3.63) is 0 Å². The highest BCUT2D eigenvalue weighted by atomic mass is 16.6. The van der Waals surface area contributed by atoms with Crippen LogP contribution in [0.2, 0.25) is 0 Å². The first-order chi connectivity index (χ1) is 15.7. The van der Waals surface area contributed by atoms with Gasteiger partial charge in [0.05, 0.1) is 5.92 Å². The normalized spacial score (nSPS) is 23.6. The Morgan fingerprint density at radius 3 is 2.19 bits per heavy atom. The third-order valence-corrected chi connectivity index (χ3v) is 7.14. The Labute approximate surface area is 196 Å². The molecule has 2 saturated heterocycles. The monoisotopic (exact) mass is 451 g/mol. The zero-order chi connectivity index (χ0) is 23.0. The average molecular weight is 452 g/mol. The van der Waals surface area contributed by atoms with Crippen LogP contribution in [0.25, 0.3) is 0 Å². The number of carbonyl (C=O) groups is 2. The fourth-order valence-corrected chi connectivity index (χ4v) is 5.00. The Bertz CT molecular complexity index is 518. The molecule has 2 aliphatic rings. The minimum atomic E-state index is -0.158. The molecule has 0 aromatic heterocycles. The number of unbranched alkanes of at least 4 members (excludes halogenated alkanes) is 11. The summed E-state index contributed by atoms with van der Waals surface area (Å²) in [6, 6.07) is -0.158. The Balaban J connectivity index is 1.72. The van der Waals surface area contributed by atoms with Crippen LogP contribution in [0.4, 0.5) is 0 Å². The van der Waals surface area contributed by atoms with Gasteiger partial charge in [0, 0.05) is 6.42 Å². The topological polar surface area (TPSA) is 64.6 Å². The predicted octanol–water partition coefficient (Wildman–Crippen LogP) is 6.47. The third-order valence-electron chi connectivity index (χ3n) is 7.14. The van der Waals surface area contributed by atoms with Crippen molar-refractivity contribution in [1.29, 1.82) is 0 Å². The van der Waals surface area contributed by atoms with Crippen molar-refractivity contribution in [1.82, 2.24) is 5.32 Å². The molecule has 0 aliphatic carbocycles. The van der Waals surface area contributed by atoms with Gasteiger partial charge in [0.2, 0.25) is 0 Å². The van der Waals surface area contributed by atoms with Crippen LogP contribution in [0, 0.1) is 5.92 Å². The van der Waals surface area contributed by atoms with E-state index < -0.39 is 0 Å². The molecule has 1 N–H and O–H groups in total. The summed E-state index contributed by atoms with van der Waals surface area (Å²) >= 11 is 0. The lowest BCUT2D eigenvalue weighted by Crippen LogP contribution is -2.47. The summed E-state index contributed by atoms with van der Waals surface area (Å²) in [5, 5.41) is 3.24. The summed E-state index contributed by atoms with van der Waals surface area (Å²) < 4.78 is 11.4. The SMILES string of the molecule is CCCCCCCCCCC[C@@H](C[C@@H]1OC(=O)[C@H]1CCCCCC)OC(=O)[C@H]1CCCN1. The molecule has 2 fully saturated rings. The van der Waals surface area contributed by atoms with E-state index in [0.717, 1.165) is 45.1 Å². The van der Waals surface area contributed by atoms with Crippen LogP contribution < -0.4 is 5.32 Å². The van der Waals surface area contributed by atoms with E-state index in [1.54, 1.807) is 0 Å². The van der Waals surface area contributed by atoms with Crippen LogP contribution in [-0.2, 0) is 19.1 Å². The van der Waals surface area contributed by atoms with E-state index in [9.17, 15) is 9.59 Å². The van der Waals surface area contributed by atoms with Crippen LogP contribution in [0.15, 0.2) is 0 Å². The summed E-state index contributed by atoms with van der Waals surface area (Å²) in [4.78, 5) is 24.6. The number of hydrogen-bond acceptors (Lipinski definition) is 5. The van der Waals surface area contributed by atoms with Crippen molar-refractivity contribution in [3.8, 4) is 0 Å². The number of rotatable bonds is 19. The molecule has 0 radical (unpaired) electrons. The first kappa shape index (κ1) is 27.1. The van der Waals surface area contributed by atoms with Crippen molar-refractivity contribution < 1.29 is 19.1 Å². The van der Waals surface area contributed by atoms with Gasteiger partial charge in [0.15, 0.2) is 0 Å². The zero-order valence-corrected chi connectivity index (χ0v) is 20.9. The highest BCUT2D eigenvalue weighted by molar-refractivity contribution is 5.78. The van der Waals surface area contributed by atoms with E-state index in [1.807, 2.05) is 0 Å². The van der Waals surface area contributed by atoms with Crippen molar-refractivity contribution in [2.24, 2.45) is 5.92 Å². The Morgan fingerprint density at radius 2 is 1.59 bits per heavy atom. The second-order valence-corrected chi connectivity index (χ2v) is 9.99. The van der Waals surface area contributed by atoms with Gasteiger partial charge in [-0.1, -0.05) is 90.9 Å². The van der Waals surface area contributed by atoms with Gasteiger partial charge in [-0.3, -0.25) is 9.59 Å². The molecule has 32 heavy (non-hydrogen) atoms. The molecule has 0 saturated carbocycles. The standard InChI is InChI=1S/C27H49NO4/c1-3-5-7-9-10-11-12-13-14-17-22(31-27(30)24-19-16-20-28-24)21-25-23(26(29)32-25)18-15-8-6-4-2/h22-25,28H,3-21H2,1-2H3/t22-,23-,24+,25-/m0/s1. The van der Waals surface area contributed by atoms with Crippen LogP contribution in [-0.4, -0.2) is 36.7 Å². The molecule has 2 rings (SSSR count). The smallest absolute Gasteiger partial charge is 0.323 e. The van der Waals surface area contributed by atoms with Crippen molar-refractivity contribution >= 4 is 11.9 Å². The molecule has 5 nitrogen and oxygen atoms in total. The fourth-order valence-electron chi connectivity index (χ4n) is 5.00. The summed E-state index contributed by atoms with van der Waals surface area (Å²) in [5.41, 5.74) is 0. The van der Waals surface area contributed by atoms with Gasteiger partial charge < -0.3 is 14.8 Å². The maximum atomic E-state index is 12.6. The molecule has 186 valence electrons. The highest BCUT2D eigenvalue weighted by Gasteiger charge is 2.43. The summed E-state index contributed by atoms with van der Waals surface area (Å²) in [6.45, 7) is 5.35. The van der Waals surface area contributed by atoms with Gasteiger partial charge in [-0.05, 0) is 38.6 Å². The quantitative estimate of drug-likeness (QED) is 0.180. The second kappa shape index (κ2) is 16.5. The number of nitrogens with one attached hydrogen (secondary N) is 1. The molecule has 0 aromatic carbocycles. The van der Waals surface area contributed by atoms with Crippen molar-refractivity contribution in [2.75, 3.05) is 6.54 Å². The van der Waals surface area contributed by atoms with Crippen molar-refractivity contribution in [3.63, 3.8) is 0 Å². The first-order valence-electron chi connectivity index (χ1n) is 13.8. The lowest BCUT2D eigenvalue weighted by Gasteiger charge is -2.37. The average Bonchev–Trinajstić information content (AvgIpc) is 3.32. The second-order valence-electron chi connectivity index (χ2n) is 9.99. The van der Waals surface area contributed by atoms with Gasteiger partial charge >= 0.3 is 11.9 Å². The minimum absolute atomic E-state index is 0.000726. The molecular weight excluding hydrogens is 402 g/mol. The van der Waals surface area contributed by atoms with E-state index in [4.69, 9.17) is 9.47 Å². The molecule has 0 aromatic rings.